The molecule has 0 saturated carbocycles. The van der Waals surface area contributed by atoms with Gasteiger partial charge in [0, 0.05) is 0 Å². The predicted octanol–water partition coefficient (Wildman–Crippen LogP) is 4.49. The Kier molecular flexibility index (Phi) is 3.82. The van der Waals surface area contributed by atoms with Crippen LogP contribution in [0.25, 0.3) is 11.1 Å². The molecular formula is C19H16O2S. The fraction of sp³-hybridized carbons (Fsp3) is 0.0526. The number of sulfone groups is 1. The van der Waals surface area contributed by atoms with Crippen LogP contribution in [0.2, 0.25) is 0 Å². The second kappa shape index (κ2) is 5.78. The van der Waals surface area contributed by atoms with Crippen LogP contribution in [0.3, 0.4) is 0 Å². The van der Waals surface area contributed by atoms with Crippen LogP contribution in [0.1, 0.15) is 5.56 Å². The van der Waals surface area contributed by atoms with Gasteiger partial charge in [0.1, 0.15) is 0 Å². The summed E-state index contributed by atoms with van der Waals surface area (Å²) < 4.78 is 25.1. The number of aryl methyl sites for hydroxylation is 1. The molecule has 0 radical (unpaired) electrons. The zero-order chi connectivity index (χ0) is 15.6. The lowest BCUT2D eigenvalue weighted by Crippen LogP contribution is -2.01. The van der Waals surface area contributed by atoms with Gasteiger partial charge in [-0.3, -0.25) is 0 Å². The molecule has 0 unspecified atom stereocenters. The van der Waals surface area contributed by atoms with Gasteiger partial charge in [0.05, 0.1) is 9.79 Å². The van der Waals surface area contributed by atoms with Crippen LogP contribution >= 0.6 is 0 Å². The summed E-state index contributed by atoms with van der Waals surface area (Å²) in [5.74, 6) is 0. The summed E-state index contributed by atoms with van der Waals surface area (Å²) in [6, 6.07) is 23.7. The number of rotatable bonds is 3. The first kappa shape index (κ1) is 14.5. The van der Waals surface area contributed by atoms with E-state index in [0.717, 1.165) is 11.1 Å². The first-order valence-corrected chi connectivity index (χ1v) is 8.53. The summed E-state index contributed by atoms with van der Waals surface area (Å²) in [5, 5.41) is 0. The zero-order valence-corrected chi connectivity index (χ0v) is 13.0. The van der Waals surface area contributed by atoms with Crippen molar-refractivity contribution in [2.24, 2.45) is 0 Å². The van der Waals surface area contributed by atoms with Crippen molar-refractivity contribution < 1.29 is 8.42 Å². The number of hydrogen-bond donors (Lipinski definition) is 0. The maximum absolute atomic E-state index is 12.5. The van der Waals surface area contributed by atoms with E-state index in [0.29, 0.717) is 9.79 Å². The molecule has 0 aliphatic rings. The van der Waals surface area contributed by atoms with E-state index in [4.69, 9.17) is 0 Å². The second-order valence-corrected chi connectivity index (χ2v) is 7.16. The molecule has 0 aliphatic heterocycles. The minimum absolute atomic E-state index is 0.314. The lowest BCUT2D eigenvalue weighted by Gasteiger charge is -2.06. The van der Waals surface area contributed by atoms with Crippen molar-refractivity contribution in [3.05, 3.63) is 84.4 Å². The highest BCUT2D eigenvalue weighted by atomic mass is 32.2. The fourth-order valence-electron chi connectivity index (χ4n) is 2.31. The van der Waals surface area contributed by atoms with E-state index in [-0.39, 0.29) is 0 Å². The van der Waals surface area contributed by atoms with Gasteiger partial charge in [-0.2, -0.15) is 0 Å². The Morgan fingerprint density at radius 2 is 1.05 bits per heavy atom. The van der Waals surface area contributed by atoms with Crippen molar-refractivity contribution in [2.45, 2.75) is 16.7 Å². The molecule has 0 N–H and O–H groups in total. The molecule has 0 fully saturated rings. The summed E-state index contributed by atoms with van der Waals surface area (Å²) >= 11 is 0. The molecule has 0 saturated heterocycles. The van der Waals surface area contributed by atoms with Crippen LogP contribution in [-0.2, 0) is 9.84 Å². The topological polar surface area (TPSA) is 34.1 Å². The summed E-state index contributed by atoms with van der Waals surface area (Å²) in [6.07, 6.45) is 0. The Morgan fingerprint density at radius 3 is 1.59 bits per heavy atom. The maximum Gasteiger partial charge on any atom is 0.206 e. The SMILES string of the molecule is Cc1ccc(-c2ccc(S(=O)(=O)c3ccccc3)cc2)cc1. The van der Waals surface area contributed by atoms with E-state index in [9.17, 15) is 8.42 Å². The lowest BCUT2D eigenvalue weighted by molar-refractivity contribution is 0.596. The zero-order valence-electron chi connectivity index (χ0n) is 12.2. The van der Waals surface area contributed by atoms with Gasteiger partial charge in [-0.25, -0.2) is 8.42 Å². The standard InChI is InChI=1S/C19H16O2S/c1-15-7-9-16(10-8-15)17-11-13-19(14-12-17)22(20,21)18-5-3-2-4-6-18/h2-14H,1H3. The quantitative estimate of drug-likeness (QED) is 0.714. The Labute approximate surface area is 131 Å². The van der Waals surface area contributed by atoms with Crippen molar-refractivity contribution in [1.29, 1.82) is 0 Å². The molecule has 3 rings (SSSR count). The highest BCUT2D eigenvalue weighted by Crippen LogP contribution is 2.25. The van der Waals surface area contributed by atoms with Crippen LogP contribution in [0.4, 0.5) is 0 Å². The van der Waals surface area contributed by atoms with Crippen molar-refractivity contribution in [1.82, 2.24) is 0 Å². The Hall–Kier alpha value is -2.39. The molecule has 0 heterocycles. The molecule has 0 aliphatic carbocycles. The van der Waals surface area contributed by atoms with Crippen LogP contribution in [-0.4, -0.2) is 8.42 Å². The van der Waals surface area contributed by atoms with E-state index in [1.165, 1.54) is 5.56 Å². The Bertz CT molecular complexity index is 863. The molecule has 22 heavy (non-hydrogen) atoms. The average molecular weight is 308 g/mol. The molecule has 0 atom stereocenters. The Morgan fingerprint density at radius 1 is 0.591 bits per heavy atom. The van der Waals surface area contributed by atoms with E-state index < -0.39 is 9.84 Å². The molecule has 2 nitrogen and oxygen atoms in total. The third-order valence-electron chi connectivity index (χ3n) is 3.60. The fourth-order valence-corrected chi connectivity index (χ4v) is 3.59. The third kappa shape index (κ3) is 2.81. The highest BCUT2D eigenvalue weighted by molar-refractivity contribution is 7.91. The van der Waals surface area contributed by atoms with Gasteiger partial charge >= 0.3 is 0 Å². The van der Waals surface area contributed by atoms with Gasteiger partial charge in [0.25, 0.3) is 0 Å². The van der Waals surface area contributed by atoms with E-state index in [1.54, 1.807) is 42.5 Å². The summed E-state index contributed by atoms with van der Waals surface area (Å²) in [6.45, 7) is 2.04. The van der Waals surface area contributed by atoms with Gasteiger partial charge in [-0.15, -0.1) is 0 Å². The summed E-state index contributed by atoms with van der Waals surface area (Å²) in [5.41, 5.74) is 3.29. The van der Waals surface area contributed by atoms with Gasteiger partial charge < -0.3 is 0 Å². The summed E-state index contributed by atoms with van der Waals surface area (Å²) in [4.78, 5) is 0.632. The van der Waals surface area contributed by atoms with Crippen molar-refractivity contribution in [3.8, 4) is 11.1 Å². The second-order valence-electron chi connectivity index (χ2n) is 5.21. The monoisotopic (exact) mass is 308 g/mol. The normalized spacial score (nSPS) is 11.3. The molecule has 3 heteroatoms. The number of hydrogen-bond acceptors (Lipinski definition) is 2. The molecule has 3 aromatic carbocycles. The third-order valence-corrected chi connectivity index (χ3v) is 5.39. The predicted molar refractivity (Wildman–Crippen MR) is 88.5 cm³/mol. The smallest absolute Gasteiger partial charge is 0.206 e. The summed E-state index contributed by atoms with van der Waals surface area (Å²) in [7, 11) is -3.44. The van der Waals surface area contributed by atoms with Crippen LogP contribution in [0.15, 0.2) is 88.7 Å². The maximum atomic E-state index is 12.5. The minimum atomic E-state index is -3.44. The molecular weight excluding hydrogens is 292 g/mol. The van der Waals surface area contributed by atoms with Crippen LogP contribution < -0.4 is 0 Å². The van der Waals surface area contributed by atoms with E-state index >= 15 is 0 Å². The lowest BCUT2D eigenvalue weighted by atomic mass is 10.0. The van der Waals surface area contributed by atoms with Crippen LogP contribution in [0, 0.1) is 6.92 Å². The van der Waals surface area contributed by atoms with Gasteiger partial charge in [-0.1, -0.05) is 60.2 Å². The molecule has 3 aromatic rings. The molecule has 0 spiro atoms. The average Bonchev–Trinajstić information content (AvgIpc) is 2.56. The molecule has 110 valence electrons. The van der Waals surface area contributed by atoms with Gasteiger partial charge in [0.15, 0.2) is 0 Å². The molecule has 0 bridgehead atoms. The largest absolute Gasteiger partial charge is 0.219 e. The van der Waals surface area contributed by atoms with Gasteiger partial charge in [-0.05, 0) is 42.3 Å². The van der Waals surface area contributed by atoms with Crippen molar-refractivity contribution in [3.63, 3.8) is 0 Å². The molecule has 0 amide bonds. The van der Waals surface area contributed by atoms with Crippen molar-refractivity contribution >= 4 is 9.84 Å². The van der Waals surface area contributed by atoms with Gasteiger partial charge in [0.2, 0.25) is 9.84 Å². The first-order chi connectivity index (χ1) is 10.6. The number of benzene rings is 3. The van der Waals surface area contributed by atoms with Crippen LogP contribution in [0.5, 0.6) is 0 Å². The Balaban J connectivity index is 1.96. The highest BCUT2D eigenvalue weighted by Gasteiger charge is 2.16. The van der Waals surface area contributed by atoms with E-state index in [2.05, 4.69) is 0 Å². The van der Waals surface area contributed by atoms with Crippen molar-refractivity contribution in [2.75, 3.05) is 0 Å². The molecule has 0 aromatic heterocycles. The minimum Gasteiger partial charge on any atom is -0.219 e. The first-order valence-electron chi connectivity index (χ1n) is 7.04. The van der Waals surface area contributed by atoms with E-state index in [1.807, 2.05) is 43.3 Å².